The first-order chi connectivity index (χ1) is 13.5. The summed E-state index contributed by atoms with van der Waals surface area (Å²) in [6.07, 6.45) is -0.797. The van der Waals surface area contributed by atoms with Crippen molar-refractivity contribution in [3.8, 4) is 11.5 Å². The molecule has 0 saturated carbocycles. The SMILES string of the molecule is Cl.Cl.NC[C@H](O)C(=O)N[C@H]1CN[C@H](C(=O)Nc2ccc(Oc3ccccc3)cc2)C1. The molecule has 2 aromatic rings. The molecule has 10 heteroatoms. The zero-order valence-corrected chi connectivity index (χ0v) is 17.7. The number of carbonyl (C=O) groups is 2. The van der Waals surface area contributed by atoms with Gasteiger partial charge in [-0.15, -0.1) is 24.8 Å². The minimum atomic E-state index is -1.23. The van der Waals surface area contributed by atoms with Gasteiger partial charge in [0.25, 0.3) is 0 Å². The average molecular weight is 457 g/mol. The molecular formula is C20H26Cl2N4O4. The van der Waals surface area contributed by atoms with Gasteiger partial charge in [-0.2, -0.15) is 0 Å². The van der Waals surface area contributed by atoms with E-state index in [-0.39, 0.29) is 43.3 Å². The minimum Gasteiger partial charge on any atom is -0.457 e. The number of nitrogens with two attached hydrogens (primary N) is 1. The summed E-state index contributed by atoms with van der Waals surface area (Å²) in [5.74, 6) is 0.698. The van der Waals surface area contributed by atoms with Crippen LogP contribution >= 0.6 is 24.8 Å². The van der Waals surface area contributed by atoms with Crippen LogP contribution in [-0.2, 0) is 9.59 Å². The number of carbonyl (C=O) groups excluding carboxylic acids is 2. The largest absolute Gasteiger partial charge is 0.457 e. The van der Waals surface area contributed by atoms with E-state index in [9.17, 15) is 14.7 Å². The van der Waals surface area contributed by atoms with Crippen molar-refractivity contribution in [1.82, 2.24) is 10.6 Å². The van der Waals surface area contributed by atoms with E-state index in [1.54, 1.807) is 24.3 Å². The highest BCUT2D eigenvalue weighted by atomic mass is 35.5. The van der Waals surface area contributed by atoms with Gasteiger partial charge in [-0.1, -0.05) is 18.2 Å². The highest BCUT2D eigenvalue weighted by molar-refractivity contribution is 5.95. The van der Waals surface area contributed by atoms with E-state index in [0.29, 0.717) is 24.4 Å². The van der Waals surface area contributed by atoms with Crippen LogP contribution in [-0.4, -0.2) is 48.2 Å². The Morgan fingerprint density at radius 1 is 1.10 bits per heavy atom. The summed E-state index contributed by atoms with van der Waals surface area (Å²) < 4.78 is 5.72. The van der Waals surface area contributed by atoms with Crippen LogP contribution in [0.1, 0.15) is 6.42 Å². The van der Waals surface area contributed by atoms with Gasteiger partial charge in [0.2, 0.25) is 11.8 Å². The number of nitrogens with one attached hydrogen (secondary N) is 3. The number of para-hydroxylation sites is 1. The Balaban J connectivity index is 0.00000225. The molecule has 1 fully saturated rings. The predicted octanol–water partition coefficient (Wildman–Crippen LogP) is 1.43. The molecule has 8 nitrogen and oxygen atoms in total. The summed E-state index contributed by atoms with van der Waals surface area (Å²) in [5.41, 5.74) is 5.91. The van der Waals surface area contributed by atoms with E-state index < -0.39 is 18.1 Å². The van der Waals surface area contributed by atoms with Gasteiger partial charge in [-0.25, -0.2) is 0 Å². The molecule has 164 valence electrons. The van der Waals surface area contributed by atoms with Crippen LogP contribution in [0.15, 0.2) is 54.6 Å². The number of rotatable bonds is 7. The Kier molecular flexibility index (Phi) is 10.6. The quantitative estimate of drug-likeness (QED) is 0.428. The first-order valence-electron chi connectivity index (χ1n) is 9.11. The van der Waals surface area contributed by atoms with Gasteiger partial charge >= 0.3 is 0 Å². The maximum absolute atomic E-state index is 12.4. The van der Waals surface area contributed by atoms with Crippen LogP contribution in [0, 0.1) is 0 Å². The highest BCUT2D eigenvalue weighted by Crippen LogP contribution is 2.23. The fourth-order valence-corrected chi connectivity index (χ4v) is 2.91. The Hall–Kier alpha value is -2.36. The molecule has 0 spiro atoms. The third-order valence-electron chi connectivity index (χ3n) is 4.42. The molecule has 0 unspecified atom stereocenters. The van der Waals surface area contributed by atoms with Crippen molar-refractivity contribution < 1.29 is 19.4 Å². The zero-order valence-electron chi connectivity index (χ0n) is 16.1. The van der Waals surface area contributed by atoms with Crippen molar-refractivity contribution in [3.63, 3.8) is 0 Å². The Morgan fingerprint density at radius 3 is 2.37 bits per heavy atom. The molecule has 0 radical (unpaired) electrons. The number of anilines is 1. The molecule has 3 rings (SSSR count). The second-order valence-electron chi connectivity index (χ2n) is 6.58. The summed E-state index contributed by atoms with van der Waals surface area (Å²) in [6, 6.07) is 15.9. The van der Waals surface area contributed by atoms with Crippen LogP contribution < -0.4 is 26.4 Å². The number of hydrogen-bond donors (Lipinski definition) is 5. The summed E-state index contributed by atoms with van der Waals surface area (Å²) in [4.78, 5) is 24.1. The Morgan fingerprint density at radius 2 is 1.73 bits per heavy atom. The van der Waals surface area contributed by atoms with Crippen LogP contribution in [0.5, 0.6) is 11.5 Å². The molecule has 2 aromatic carbocycles. The lowest BCUT2D eigenvalue weighted by atomic mass is 10.1. The first-order valence-corrected chi connectivity index (χ1v) is 9.11. The van der Waals surface area contributed by atoms with Gasteiger partial charge < -0.3 is 31.5 Å². The van der Waals surface area contributed by atoms with Crippen molar-refractivity contribution in [2.45, 2.75) is 24.6 Å². The van der Waals surface area contributed by atoms with E-state index in [2.05, 4.69) is 16.0 Å². The molecular weight excluding hydrogens is 431 g/mol. The maximum atomic E-state index is 12.4. The lowest BCUT2D eigenvalue weighted by molar-refractivity contribution is -0.129. The standard InChI is InChI=1S/C20H24N4O4.2ClH/c21-11-18(25)20(27)24-14-10-17(22-12-14)19(26)23-13-6-8-16(9-7-13)28-15-4-2-1-3-5-15;;/h1-9,14,17-18,22,25H,10-12,21H2,(H,23,26)(H,24,27);2*1H/t14-,17+,18+;;/m1../s1. The van der Waals surface area contributed by atoms with Crippen molar-refractivity contribution in [2.75, 3.05) is 18.4 Å². The number of amides is 2. The average Bonchev–Trinajstić information content (AvgIpc) is 3.18. The van der Waals surface area contributed by atoms with Crippen LogP contribution in [0.4, 0.5) is 5.69 Å². The molecule has 1 saturated heterocycles. The molecule has 2 amide bonds. The fraction of sp³-hybridized carbons (Fsp3) is 0.300. The van der Waals surface area contributed by atoms with E-state index in [4.69, 9.17) is 10.5 Å². The number of halogens is 2. The van der Waals surface area contributed by atoms with Gasteiger partial charge in [-0.05, 0) is 42.8 Å². The van der Waals surface area contributed by atoms with E-state index in [1.807, 2.05) is 30.3 Å². The van der Waals surface area contributed by atoms with Crippen LogP contribution in [0.2, 0.25) is 0 Å². The molecule has 0 aromatic heterocycles. The third-order valence-corrected chi connectivity index (χ3v) is 4.42. The number of benzene rings is 2. The van der Waals surface area contributed by atoms with Gasteiger partial charge in [0.15, 0.2) is 0 Å². The third kappa shape index (κ3) is 7.16. The number of aliphatic hydroxyl groups excluding tert-OH is 1. The van der Waals surface area contributed by atoms with Crippen molar-refractivity contribution in [3.05, 3.63) is 54.6 Å². The second-order valence-corrected chi connectivity index (χ2v) is 6.58. The second kappa shape index (κ2) is 12.4. The summed E-state index contributed by atoms with van der Waals surface area (Å²) in [6.45, 7) is 0.310. The van der Waals surface area contributed by atoms with Crippen LogP contribution in [0.3, 0.4) is 0 Å². The van der Waals surface area contributed by atoms with Gasteiger partial charge in [0.05, 0.1) is 6.04 Å². The molecule has 6 N–H and O–H groups in total. The van der Waals surface area contributed by atoms with Crippen molar-refractivity contribution >= 4 is 42.3 Å². The van der Waals surface area contributed by atoms with E-state index >= 15 is 0 Å². The maximum Gasteiger partial charge on any atom is 0.250 e. The smallest absolute Gasteiger partial charge is 0.250 e. The van der Waals surface area contributed by atoms with Crippen LogP contribution in [0.25, 0.3) is 0 Å². The van der Waals surface area contributed by atoms with Gasteiger partial charge in [-0.3, -0.25) is 9.59 Å². The molecule has 3 atom stereocenters. The lowest BCUT2D eigenvalue weighted by Crippen LogP contribution is -2.45. The van der Waals surface area contributed by atoms with Crippen molar-refractivity contribution in [2.24, 2.45) is 5.73 Å². The molecule has 30 heavy (non-hydrogen) atoms. The van der Waals surface area contributed by atoms with E-state index in [1.165, 1.54) is 0 Å². The lowest BCUT2D eigenvalue weighted by Gasteiger charge is -2.15. The minimum absolute atomic E-state index is 0. The van der Waals surface area contributed by atoms with Crippen molar-refractivity contribution in [1.29, 1.82) is 0 Å². The topological polar surface area (TPSA) is 126 Å². The monoisotopic (exact) mass is 456 g/mol. The van der Waals surface area contributed by atoms with Gasteiger partial charge in [0, 0.05) is 24.8 Å². The number of aliphatic hydroxyl groups is 1. The highest BCUT2D eigenvalue weighted by Gasteiger charge is 2.31. The number of ether oxygens (including phenoxy) is 1. The normalized spacial score (nSPS) is 18.3. The Bertz CT molecular complexity index is 808. The fourth-order valence-electron chi connectivity index (χ4n) is 2.91. The molecule has 0 bridgehead atoms. The molecule has 0 aliphatic carbocycles. The molecule has 1 heterocycles. The van der Waals surface area contributed by atoms with E-state index in [0.717, 1.165) is 5.75 Å². The summed E-state index contributed by atoms with van der Waals surface area (Å²) >= 11 is 0. The predicted molar refractivity (Wildman–Crippen MR) is 119 cm³/mol. The zero-order chi connectivity index (χ0) is 19.9. The summed E-state index contributed by atoms with van der Waals surface area (Å²) in [7, 11) is 0. The number of hydrogen-bond acceptors (Lipinski definition) is 6. The molecule has 1 aliphatic rings. The Labute approximate surface area is 187 Å². The first kappa shape index (κ1) is 25.7. The molecule has 1 aliphatic heterocycles. The van der Waals surface area contributed by atoms with Gasteiger partial charge in [0.1, 0.15) is 17.6 Å². The summed E-state index contributed by atoms with van der Waals surface area (Å²) in [5, 5.41) is 18.0.